The summed E-state index contributed by atoms with van der Waals surface area (Å²) in [5, 5.41) is 7.38. The number of piperidine rings is 4. The quantitative estimate of drug-likeness (QED) is 0.219. The molecule has 0 aromatic heterocycles. The molecule has 0 aliphatic carbocycles. The molecule has 8 nitrogen and oxygen atoms in total. The van der Waals surface area contributed by atoms with Crippen LogP contribution in [-0.2, 0) is 90.9 Å². The van der Waals surface area contributed by atoms with Crippen LogP contribution in [0.5, 0.6) is 0 Å². The first-order valence-electron chi connectivity index (χ1n) is 13.7. The van der Waals surface area contributed by atoms with Crippen LogP contribution in [0.25, 0.3) is 0 Å². The summed E-state index contributed by atoms with van der Waals surface area (Å²) in [5.41, 5.74) is 0. The maximum Gasteiger partial charge on any atom is 4.00 e. The third kappa shape index (κ3) is 25.9. The number of hydroxylamine groups is 8. The predicted octanol–water partition coefficient (Wildman–Crippen LogP) is 4.94. The summed E-state index contributed by atoms with van der Waals surface area (Å²) in [6.45, 7) is 7.75. The summed E-state index contributed by atoms with van der Waals surface area (Å²) in [4.78, 5) is 20.3. The first-order valence-corrected chi connectivity index (χ1v) is 17.0. The van der Waals surface area contributed by atoms with Crippen LogP contribution in [0.15, 0.2) is 0 Å². The molecule has 0 unspecified atom stereocenters. The van der Waals surface area contributed by atoms with E-state index in [0.29, 0.717) is 0 Å². The van der Waals surface area contributed by atoms with Crippen molar-refractivity contribution in [3.8, 4) is 0 Å². The van der Waals surface area contributed by atoms with Crippen LogP contribution < -0.4 is 0 Å². The van der Waals surface area contributed by atoms with Gasteiger partial charge < -0.3 is 119 Å². The molecule has 4 fully saturated rings. The third-order valence-electron chi connectivity index (χ3n) is 6.07. The van der Waals surface area contributed by atoms with Gasteiger partial charge in [-0.15, -0.1) is 20.3 Å². The largest absolute Gasteiger partial charge is 4.00 e. The Balaban J connectivity index is 0.000000516. The van der Waals surface area contributed by atoms with Crippen molar-refractivity contribution in [2.45, 2.75) is 77.0 Å². The standard InChI is InChI=1S/4C6H11NOS2.Mo/c4*9-6(10)8-7-4-2-1-3-5-7;/h4*1-5H2,(H,9,10);/q;;;;+4/p-4. The van der Waals surface area contributed by atoms with Gasteiger partial charge in [0.05, 0.1) is 17.5 Å². The van der Waals surface area contributed by atoms with E-state index in [1.807, 2.05) is 20.3 Å². The van der Waals surface area contributed by atoms with Crippen LogP contribution in [0.3, 0.4) is 0 Å². The molecule has 4 aliphatic heterocycles. The van der Waals surface area contributed by atoms with Gasteiger partial charge in [0.25, 0.3) is 0 Å². The Morgan fingerprint density at radius 2 is 0.488 bits per heavy atom. The minimum atomic E-state index is 0. The van der Waals surface area contributed by atoms with Gasteiger partial charge in [0, 0.05) is 52.4 Å². The predicted molar refractivity (Wildman–Crippen MR) is 186 cm³/mol. The van der Waals surface area contributed by atoms with Crippen LogP contribution in [0, 0.1) is 0 Å². The van der Waals surface area contributed by atoms with Crippen LogP contribution >= 0.6 is 48.9 Å². The second kappa shape index (κ2) is 27.3. The average molecular weight is 801 g/mol. The van der Waals surface area contributed by atoms with E-state index in [2.05, 4.69) is 99.4 Å². The fourth-order valence-electron chi connectivity index (χ4n) is 4.25. The Labute approximate surface area is 304 Å². The normalized spacial score (nSPS) is 19.9. The smallest absolute Gasteiger partial charge is 0.426 e. The van der Waals surface area contributed by atoms with Gasteiger partial charge in [0.15, 0.2) is 0 Å². The molecule has 4 aliphatic rings. The van der Waals surface area contributed by atoms with Gasteiger partial charge in [-0.05, 0) is 51.4 Å². The molecule has 234 valence electrons. The molecule has 0 saturated carbocycles. The molecular weight excluding hydrogens is 761 g/mol. The Kier molecular flexibility index (Phi) is 27.9. The average Bonchev–Trinajstić information content (AvgIpc) is 2.91. The van der Waals surface area contributed by atoms with E-state index < -0.39 is 0 Å². The fraction of sp³-hybridized carbons (Fsp3) is 0.833. The fourth-order valence-corrected chi connectivity index (χ4v) is 5.09. The second-order valence-electron chi connectivity index (χ2n) is 9.32. The Morgan fingerprint density at radius 1 is 0.341 bits per heavy atom. The molecule has 4 saturated heterocycles. The molecule has 17 heteroatoms. The van der Waals surface area contributed by atoms with Gasteiger partial charge >= 0.3 is 21.1 Å². The molecule has 4 rings (SSSR count). The zero-order chi connectivity index (χ0) is 29.6. The van der Waals surface area contributed by atoms with Crippen molar-refractivity contribution in [1.82, 2.24) is 20.3 Å². The van der Waals surface area contributed by atoms with Crippen LogP contribution in [0.1, 0.15) is 77.0 Å². The summed E-state index contributed by atoms with van der Waals surface area (Å²) in [5.74, 6) is 0. The Morgan fingerprint density at radius 3 is 0.610 bits per heavy atom. The number of thiocarbonyl (C=S) groups is 4. The van der Waals surface area contributed by atoms with Crippen LogP contribution in [0.4, 0.5) is 0 Å². The van der Waals surface area contributed by atoms with Crippen molar-refractivity contribution in [2.24, 2.45) is 0 Å². The molecule has 0 atom stereocenters. The Hall–Kier alpha value is 0.968. The van der Waals surface area contributed by atoms with Crippen LogP contribution in [-0.4, -0.2) is 90.1 Å². The van der Waals surface area contributed by atoms with E-state index >= 15 is 0 Å². The number of hydrogen-bond donors (Lipinski definition) is 0. The van der Waals surface area contributed by atoms with Crippen molar-refractivity contribution in [2.75, 3.05) is 52.4 Å². The zero-order valence-corrected chi connectivity index (χ0v) is 31.8. The molecule has 0 radical (unpaired) electrons. The molecular formula is C24H40MoN4O4S8. The van der Waals surface area contributed by atoms with E-state index in [4.69, 9.17) is 19.4 Å². The summed E-state index contributed by atoms with van der Waals surface area (Å²) >= 11 is 37.0. The summed E-state index contributed by atoms with van der Waals surface area (Å²) in [7, 11) is 0. The first kappa shape index (κ1) is 42.0. The molecule has 0 amide bonds. The van der Waals surface area contributed by atoms with Gasteiger partial charge in [-0.1, -0.05) is 25.7 Å². The van der Waals surface area contributed by atoms with Crippen molar-refractivity contribution >= 4 is 117 Å². The maximum atomic E-state index is 5.07. The topological polar surface area (TPSA) is 49.9 Å². The minimum Gasteiger partial charge on any atom is -0.426 e. The molecule has 0 N–H and O–H groups in total. The first-order chi connectivity index (χ1) is 19.2. The number of hydrogen-bond acceptors (Lipinski definition) is 16. The summed E-state index contributed by atoms with van der Waals surface area (Å²) in [6.07, 6.45) is 14.7. The third-order valence-corrected chi connectivity index (χ3v) is 6.67. The molecule has 0 bridgehead atoms. The van der Waals surface area contributed by atoms with Crippen molar-refractivity contribution in [1.29, 1.82) is 0 Å². The van der Waals surface area contributed by atoms with Gasteiger partial charge in [-0.3, -0.25) is 0 Å². The van der Waals surface area contributed by atoms with E-state index in [-0.39, 0.29) is 38.6 Å². The van der Waals surface area contributed by atoms with Crippen molar-refractivity contribution in [3.63, 3.8) is 0 Å². The monoisotopic (exact) mass is 802 g/mol. The Bertz CT molecular complexity index is 618. The SMILES string of the molecule is S=C([S-])ON1CCCCC1.S=C([S-])ON1CCCCC1.S=C([S-])ON1CCCCC1.S=C([S-])ON1CCCCC1.[Mo+4]. The van der Waals surface area contributed by atoms with Crippen LogP contribution in [0.2, 0.25) is 0 Å². The van der Waals surface area contributed by atoms with E-state index in [1.54, 1.807) is 0 Å². The molecule has 0 aromatic rings. The second-order valence-corrected chi connectivity index (χ2v) is 13.3. The van der Waals surface area contributed by atoms with Gasteiger partial charge in [0.1, 0.15) is 0 Å². The van der Waals surface area contributed by atoms with E-state index in [9.17, 15) is 0 Å². The summed E-state index contributed by atoms with van der Waals surface area (Å²) in [6, 6.07) is 0. The molecule has 0 aromatic carbocycles. The molecule has 41 heavy (non-hydrogen) atoms. The van der Waals surface area contributed by atoms with Gasteiger partial charge in [-0.25, -0.2) is 0 Å². The van der Waals surface area contributed by atoms with E-state index in [0.717, 1.165) is 52.4 Å². The number of nitrogens with zero attached hydrogens (tertiary/aromatic N) is 4. The van der Waals surface area contributed by atoms with Gasteiger partial charge in [-0.2, -0.15) is 0 Å². The summed E-state index contributed by atoms with van der Waals surface area (Å²) < 4.78 is 0.840. The molecule has 4 heterocycles. The minimum absolute atomic E-state index is 0. The number of rotatable bonds is 4. The van der Waals surface area contributed by atoms with Crippen molar-refractivity contribution < 1.29 is 40.4 Å². The van der Waals surface area contributed by atoms with E-state index in [1.165, 1.54) is 77.0 Å². The van der Waals surface area contributed by atoms with Crippen molar-refractivity contribution in [3.05, 3.63) is 0 Å². The molecule has 0 spiro atoms. The zero-order valence-electron chi connectivity index (χ0n) is 23.2. The van der Waals surface area contributed by atoms with Gasteiger partial charge in [0.2, 0.25) is 0 Å². The maximum absolute atomic E-state index is 5.07.